The zero-order valence-electron chi connectivity index (χ0n) is 18.5. The third kappa shape index (κ3) is 4.14. The van der Waals surface area contributed by atoms with Gasteiger partial charge in [-0.15, -0.1) is 11.8 Å². The van der Waals surface area contributed by atoms with Gasteiger partial charge in [0.05, 0.1) is 29.0 Å². The lowest BCUT2D eigenvalue weighted by molar-refractivity contribution is 0.194. The topological polar surface area (TPSA) is 37.3 Å². The summed E-state index contributed by atoms with van der Waals surface area (Å²) in [7, 11) is 0. The van der Waals surface area contributed by atoms with Gasteiger partial charge in [0.2, 0.25) is 0 Å². The Hall–Kier alpha value is -3.15. The van der Waals surface area contributed by atoms with Gasteiger partial charge < -0.3 is 14.8 Å². The third-order valence-corrected chi connectivity index (χ3v) is 7.08. The first-order chi connectivity index (χ1) is 16.0. The maximum Gasteiger partial charge on any atom is 0.323 e. The average molecular weight is 474 g/mol. The predicted octanol–water partition coefficient (Wildman–Crippen LogP) is 7.30. The van der Waals surface area contributed by atoms with E-state index in [1.54, 1.807) is 11.8 Å². The Balaban J connectivity index is 1.62. The molecule has 0 radical (unpaired) electrons. The number of carbonyl (C=O) groups is 1. The number of carbonyl (C=O) groups excluding carboxylic acids is 1. The molecule has 4 nitrogen and oxygen atoms in total. The van der Waals surface area contributed by atoms with Gasteiger partial charge in [0.1, 0.15) is 0 Å². The number of para-hydroxylation sites is 1. The minimum Gasteiger partial charge on any atom is -0.318 e. The normalized spacial score (nSPS) is 14.9. The number of fused-ring (bicyclic) bond motifs is 3. The lowest BCUT2D eigenvalue weighted by Crippen LogP contribution is -2.38. The van der Waals surface area contributed by atoms with Crippen LogP contribution in [0.3, 0.4) is 0 Å². The molecule has 0 fully saturated rings. The lowest BCUT2D eigenvalue weighted by Gasteiger charge is -2.31. The number of hydrogen-bond donors (Lipinski definition) is 1. The van der Waals surface area contributed by atoms with Crippen LogP contribution in [0.4, 0.5) is 10.5 Å². The number of aryl methyl sites for hydroxylation is 1. The van der Waals surface area contributed by atoms with Crippen LogP contribution in [0.1, 0.15) is 28.4 Å². The molecule has 33 heavy (non-hydrogen) atoms. The Labute approximate surface area is 203 Å². The molecule has 4 aromatic rings. The molecule has 2 amide bonds. The van der Waals surface area contributed by atoms with Crippen LogP contribution in [-0.4, -0.2) is 21.8 Å². The van der Waals surface area contributed by atoms with Crippen LogP contribution >= 0.6 is 23.4 Å². The van der Waals surface area contributed by atoms with E-state index in [9.17, 15) is 4.79 Å². The Bertz CT molecular complexity index is 1320. The van der Waals surface area contributed by atoms with Crippen LogP contribution in [0.2, 0.25) is 5.02 Å². The number of urea groups is 1. The van der Waals surface area contributed by atoms with Gasteiger partial charge in [0.25, 0.3) is 0 Å². The summed E-state index contributed by atoms with van der Waals surface area (Å²) < 4.78 is 2.19. The van der Waals surface area contributed by atoms with E-state index in [4.69, 9.17) is 11.6 Å². The number of anilines is 1. The quantitative estimate of drug-likeness (QED) is 0.317. The predicted molar refractivity (Wildman–Crippen MR) is 137 cm³/mol. The molecule has 1 aliphatic rings. The summed E-state index contributed by atoms with van der Waals surface area (Å²) in [5.41, 5.74) is 5.94. The fraction of sp³-hybridized carbons (Fsp3) is 0.148. The molecule has 0 aliphatic carbocycles. The second-order valence-corrected chi connectivity index (χ2v) is 9.44. The van der Waals surface area contributed by atoms with Crippen LogP contribution in [-0.2, 0) is 6.54 Å². The number of thioether (sulfide) groups is 1. The van der Waals surface area contributed by atoms with Crippen molar-refractivity contribution in [2.75, 3.05) is 11.6 Å². The highest BCUT2D eigenvalue weighted by atomic mass is 35.5. The minimum absolute atomic E-state index is 0.191. The number of nitrogens with zero attached hydrogens (tertiary/aromatic N) is 2. The van der Waals surface area contributed by atoms with Crippen LogP contribution < -0.4 is 5.32 Å². The molecular weight excluding hydrogens is 450 g/mol. The van der Waals surface area contributed by atoms with Crippen molar-refractivity contribution < 1.29 is 4.79 Å². The lowest BCUT2D eigenvalue weighted by atomic mass is 10.0. The third-order valence-electron chi connectivity index (χ3n) is 6.02. The molecule has 5 rings (SSSR count). The Kier molecular flexibility index (Phi) is 5.92. The SMILES string of the molecule is CSc1ccc([C@H]2c3cccn3-c3ccccc3CN2C(=O)Nc2ccc(C)cc2Cl)cc1. The highest BCUT2D eigenvalue weighted by Gasteiger charge is 2.33. The van der Waals surface area contributed by atoms with Crippen molar-refractivity contribution in [2.24, 2.45) is 0 Å². The summed E-state index contributed by atoms with van der Waals surface area (Å²) in [6.45, 7) is 2.45. The number of nitrogens with one attached hydrogen (secondary N) is 1. The van der Waals surface area contributed by atoms with Gasteiger partial charge in [-0.2, -0.15) is 0 Å². The summed E-state index contributed by atoms with van der Waals surface area (Å²) in [5, 5.41) is 3.58. The highest BCUT2D eigenvalue weighted by Crippen LogP contribution is 2.37. The molecule has 1 aliphatic heterocycles. The zero-order chi connectivity index (χ0) is 22.9. The fourth-order valence-electron chi connectivity index (χ4n) is 4.38. The van der Waals surface area contributed by atoms with E-state index < -0.39 is 0 Å². The standard InChI is InChI=1S/C27H24ClN3OS/c1-18-9-14-23(22(28)16-18)29-27(32)31-17-20-6-3-4-7-24(20)30-15-5-8-25(30)26(31)19-10-12-21(33-2)13-11-19/h3-16,26H,17H2,1-2H3,(H,29,32)/t26-/m0/s1. The van der Waals surface area contributed by atoms with E-state index >= 15 is 0 Å². The number of amides is 2. The number of hydrogen-bond acceptors (Lipinski definition) is 2. The molecule has 0 saturated carbocycles. The molecule has 1 N–H and O–H groups in total. The van der Waals surface area contributed by atoms with E-state index in [0.717, 1.165) is 28.1 Å². The van der Waals surface area contributed by atoms with E-state index in [1.165, 1.54) is 4.90 Å². The monoisotopic (exact) mass is 473 g/mol. The summed E-state index contributed by atoms with van der Waals surface area (Å²) in [5.74, 6) is 0. The van der Waals surface area contributed by atoms with Gasteiger partial charge in [-0.1, -0.05) is 48.0 Å². The molecule has 166 valence electrons. The van der Waals surface area contributed by atoms with Crippen molar-refractivity contribution in [1.82, 2.24) is 9.47 Å². The van der Waals surface area contributed by atoms with Gasteiger partial charge in [-0.05, 0) is 72.3 Å². The van der Waals surface area contributed by atoms with Crippen LogP contribution in [0.15, 0.2) is 90.0 Å². The molecule has 1 aromatic heterocycles. The molecule has 3 aromatic carbocycles. The summed E-state index contributed by atoms with van der Waals surface area (Å²) in [6.07, 6.45) is 4.13. The summed E-state index contributed by atoms with van der Waals surface area (Å²) >= 11 is 8.14. The molecule has 1 atom stereocenters. The van der Waals surface area contributed by atoms with Gasteiger partial charge in [0, 0.05) is 16.8 Å². The van der Waals surface area contributed by atoms with Gasteiger partial charge >= 0.3 is 6.03 Å². The van der Waals surface area contributed by atoms with E-state index in [-0.39, 0.29) is 12.1 Å². The Morgan fingerprint density at radius 2 is 1.82 bits per heavy atom. The Morgan fingerprint density at radius 1 is 1.03 bits per heavy atom. The molecule has 6 heteroatoms. The minimum atomic E-state index is -0.257. The zero-order valence-corrected chi connectivity index (χ0v) is 20.0. The van der Waals surface area contributed by atoms with Crippen LogP contribution in [0, 0.1) is 6.92 Å². The molecule has 0 spiro atoms. The number of halogens is 1. The van der Waals surface area contributed by atoms with Crippen LogP contribution in [0.5, 0.6) is 0 Å². The summed E-state index contributed by atoms with van der Waals surface area (Å²) in [6, 6.07) is 26.0. The van der Waals surface area contributed by atoms with Crippen molar-refractivity contribution in [2.45, 2.75) is 24.4 Å². The molecule has 2 heterocycles. The van der Waals surface area contributed by atoms with Gasteiger partial charge in [-0.3, -0.25) is 0 Å². The first-order valence-corrected chi connectivity index (χ1v) is 12.4. The average Bonchev–Trinajstić information content (AvgIpc) is 3.25. The molecule has 0 bridgehead atoms. The first-order valence-electron chi connectivity index (χ1n) is 10.8. The number of benzene rings is 3. The van der Waals surface area contributed by atoms with Gasteiger partial charge in [0.15, 0.2) is 0 Å². The molecular formula is C27H24ClN3OS. The van der Waals surface area contributed by atoms with Crippen molar-refractivity contribution in [3.63, 3.8) is 0 Å². The highest BCUT2D eigenvalue weighted by molar-refractivity contribution is 7.98. The number of rotatable bonds is 3. The van der Waals surface area contributed by atoms with E-state index in [1.807, 2.05) is 48.2 Å². The van der Waals surface area contributed by atoms with E-state index in [2.05, 4.69) is 64.8 Å². The maximum absolute atomic E-state index is 13.7. The number of aromatic nitrogens is 1. The fourth-order valence-corrected chi connectivity index (χ4v) is 5.08. The second kappa shape index (κ2) is 9.00. The molecule has 0 unspecified atom stereocenters. The van der Waals surface area contributed by atoms with Crippen molar-refractivity contribution in [3.05, 3.63) is 112 Å². The molecule has 0 saturated heterocycles. The second-order valence-electron chi connectivity index (χ2n) is 8.15. The smallest absolute Gasteiger partial charge is 0.318 e. The van der Waals surface area contributed by atoms with Crippen molar-refractivity contribution in [3.8, 4) is 5.69 Å². The summed E-state index contributed by atoms with van der Waals surface area (Å²) in [4.78, 5) is 16.8. The van der Waals surface area contributed by atoms with Gasteiger partial charge in [-0.25, -0.2) is 4.79 Å². The largest absolute Gasteiger partial charge is 0.323 e. The maximum atomic E-state index is 13.7. The van der Waals surface area contributed by atoms with Crippen molar-refractivity contribution >= 4 is 35.1 Å². The van der Waals surface area contributed by atoms with Crippen LogP contribution in [0.25, 0.3) is 5.69 Å². The van der Waals surface area contributed by atoms with E-state index in [0.29, 0.717) is 17.3 Å². The van der Waals surface area contributed by atoms with Crippen molar-refractivity contribution in [1.29, 1.82) is 0 Å². The first kappa shape index (κ1) is 21.7. The Morgan fingerprint density at radius 3 is 2.58 bits per heavy atom.